The molecule has 1 N–H and O–H groups in total. The maximum atomic E-state index is 12.2. The Bertz CT molecular complexity index is 653. The summed E-state index contributed by atoms with van der Waals surface area (Å²) in [4.78, 5) is 12.2. The van der Waals surface area contributed by atoms with Crippen molar-refractivity contribution < 1.29 is 4.79 Å². The minimum atomic E-state index is -0.162. The summed E-state index contributed by atoms with van der Waals surface area (Å²) >= 11 is 0. The molecule has 2 rings (SSSR count). The van der Waals surface area contributed by atoms with Gasteiger partial charge < -0.3 is 4.57 Å². The van der Waals surface area contributed by atoms with E-state index in [9.17, 15) is 4.79 Å². The van der Waals surface area contributed by atoms with Gasteiger partial charge in [0.2, 0.25) is 0 Å². The van der Waals surface area contributed by atoms with Crippen LogP contribution in [0.2, 0.25) is 0 Å². The van der Waals surface area contributed by atoms with E-state index in [-0.39, 0.29) is 5.91 Å². The first-order chi connectivity index (χ1) is 9.49. The summed E-state index contributed by atoms with van der Waals surface area (Å²) in [5.41, 5.74) is 5.28. The van der Waals surface area contributed by atoms with E-state index in [1.54, 1.807) is 0 Å². The molecule has 0 saturated heterocycles. The third-order valence-corrected chi connectivity index (χ3v) is 3.19. The molecule has 0 saturated carbocycles. The first kappa shape index (κ1) is 14.3. The van der Waals surface area contributed by atoms with Crippen molar-refractivity contribution in [3.63, 3.8) is 0 Å². The Balaban J connectivity index is 2.20. The van der Waals surface area contributed by atoms with E-state index in [4.69, 9.17) is 0 Å². The normalized spacial score (nSPS) is 12.2. The Labute approximate surface area is 119 Å². The molecule has 4 nitrogen and oxygen atoms in total. The molecule has 0 spiro atoms. The summed E-state index contributed by atoms with van der Waals surface area (Å²) in [7, 11) is 1.94. The maximum absolute atomic E-state index is 12.2. The SMILES string of the molecule is C/C(CC(C)C)=N\NC(=O)c1cn(C)c2ccccc12. The zero-order valence-corrected chi connectivity index (χ0v) is 12.5. The fraction of sp³-hybridized carbons (Fsp3) is 0.375. The van der Waals surface area contributed by atoms with Gasteiger partial charge in [0.05, 0.1) is 5.56 Å². The number of amides is 1. The number of carbonyl (C=O) groups is 1. The van der Waals surface area contributed by atoms with Crippen molar-refractivity contribution in [3.8, 4) is 0 Å². The first-order valence-corrected chi connectivity index (χ1v) is 6.86. The second-order valence-corrected chi connectivity index (χ2v) is 5.56. The van der Waals surface area contributed by atoms with Crippen molar-refractivity contribution >= 4 is 22.5 Å². The van der Waals surface area contributed by atoms with Gasteiger partial charge in [0.1, 0.15) is 0 Å². The Kier molecular flexibility index (Phi) is 4.23. The smallest absolute Gasteiger partial charge is 0.273 e. The van der Waals surface area contributed by atoms with Crippen molar-refractivity contribution in [2.45, 2.75) is 27.2 Å². The third kappa shape index (κ3) is 3.07. The van der Waals surface area contributed by atoms with Crippen LogP contribution in [0.25, 0.3) is 10.9 Å². The molecule has 106 valence electrons. The van der Waals surface area contributed by atoms with E-state index >= 15 is 0 Å². The summed E-state index contributed by atoms with van der Waals surface area (Å²) in [6, 6.07) is 7.86. The van der Waals surface area contributed by atoms with Crippen LogP contribution in [-0.2, 0) is 7.05 Å². The van der Waals surface area contributed by atoms with Gasteiger partial charge in [-0.2, -0.15) is 5.10 Å². The number of hydrogen-bond acceptors (Lipinski definition) is 2. The van der Waals surface area contributed by atoms with Gasteiger partial charge in [-0.3, -0.25) is 4.79 Å². The minimum Gasteiger partial charge on any atom is -0.350 e. The lowest BCUT2D eigenvalue weighted by molar-refractivity contribution is 0.0956. The van der Waals surface area contributed by atoms with E-state index in [2.05, 4.69) is 24.4 Å². The second kappa shape index (κ2) is 5.90. The standard InChI is InChI=1S/C16H21N3O/c1-11(2)9-12(3)17-18-16(20)14-10-19(4)15-8-6-5-7-13(14)15/h5-8,10-11H,9H2,1-4H3,(H,18,20)/b17-12+. The van der Waals surface area contributed by atoms with Crippen LogP contribution < -0.4 is 5.43 Å². The molecule has 0 aliphatic carbocycles. The predicted octanol–water partition coefficient (Wildman–Crippen LogP) is 3.33. The average molecular weight is 271 g/mol. The molecule has 0 unspecified atom stereocenters. The highest BCUT2D eigenvalue weighted by molar-refractivity contribution is 6.07. The minimum absolute atomic E-state index is 0.162. The van der Waals surface area contributed by atoms with Crippen molar-refractivity contribution in [1.29, 1.82) is 0 Å². The molecule has 0 aliphatic rings. The fourth-order valence-corrected chi connectivity index (χ4v) is 2.37. The highest BCUT2D eigenvalue weighted by Crippen LogP contribution is 2.20. The number of nitrogens with one attached hydrogen (secondary N) is 1. The summed E-state index contributed by atoms with van der Waals surface area (Å²) < 4.78 is 1.95. The number of hydrazone groups is 1. The monoisotopic (exact) mass is 271 g/mol. The van der Waals surface area contributed by atoms with Crippen LogP contribution in [0.4, 0.5) is 0 Å². The molecular formula is C16H21N3O. The number of aromatic nitrogens is 1. The van der Waals surface area contributed by atoms with E-state index < -0.39 is 0 Å². The Morgan fingerprint density at radius 2 is 2.05 bits per heavy atom. The topological polar surface area (TPSA) is 46.4 Å². The number of carbonyl (C=O) groups excluding carboxylic acids is 1. The molecule has 0 aliphatic heterocycles. The Morgan fingerprint density at radius 3 is 2.75 bits per heavy atom. The lowest BCUT2D eigenvalue weighted by Gasteiger charge is -2.04. The largest absolute Gasteiger partial charge is 0.350 e. The third-order valence-electron chi connectivity index (χ3n) is 3.19. The zero-order valence-electron chi connectivity index (χ0n) is 12.5. The van der Waals surface area contributed by atoms with Crippen LogP contribution in [0.1, 0.15) is 37.6 Å². The lowest BCUT2D eigenvalue weighted by atomic mass is 10.1. The van der Waals surface area contributed by atoms with Crippen LogP contribution in [0.15, 0.2) is 35.6 Å². The van der Waals surface area contributed by atoms with E-state index in [1.807, 2.05) is 49.0 Å². The number of para-hydroxylation sites is 1. The summed E-state index contributed by atoms with van der Waals surface area (Å²) in [5.74, 6) is 0.373. The van der Waals surface area contributed by atoms with Gasteiger partial charge in [-0.05, 0) is 25.3 Å². The number of rotatable bonds is 4. The van der Waals surface area contributed by atoms with Gasteiger partial charge in [0.15, 0.2) is 0 Å². The highest BCUT2D eigenvalue weighted by Gasteiger charge is 2.12. The van der Waals surface area contributed by atoms with Gasteiger partial charge in [-0.25, -0.2) is 5.43 Å². The van der Waals surface area contributed by atoms with Gasteiger partial charge in [-0.15, -0.1) is 0 Å². The van der Waals surface area contributed by atoms with Gasteiger partial charge in [0.25, 0.3) is 5.91 Å². The van der Waals surface area contributed by atoms with Gasteiger partial charge >= 0.3 is 0 Å². The molecule has 0 bridgehead atoms. The van der Waals surface area contributed by atoms with Gasteiger partial charge in [-0.1, -0.05) is 32.0 Å². The molecule has 1 aromatic carbocycles. The van der Waals surface area contributed by atoms with Crippen LogP contribution in [-0.4, -0.2) is 16.2 Å². The molecule has 1 amide bonds. The number of benzene rings is 1. The number of nitrogens with zero attached hydrogens (tertiary/aromatic N) is 2. The van der Waals surface area contributed by atoms with Crippen molar-refractivity contribution in [3.05, 3.63) is 36.0 Å². The molecular weight excluding hydrogens is 250 g/mol. The predicted molar refractivity (Wildman–Crippen MR) is 82.9 cm³/mol. The zero-order chi connectivity index (χ0) is 14.7. The Hall–Kier alpha value is -2.10. The molecule has 20 heavy (non-hydrogen) atoms. The van der Waals surface area contributed by atoms with Crippen LogP contribution in [0.3, 0.4) is 0 Å². The Morgan fingerprint density at radius 1 is 1.35 bits per heavy atom. The molecule has 2 aromatic rings. The van der Waals surface area contributed by atoms with E-state index in [1.165, 1.54) is 0 Å². The number of fused-ring (bicyclic) bond motifs is 1. The van der Waals surface area contributed by atoms with Crippen molar-refractivity contribution in [2.24, 2.45) is 18.1 Å². The summed E-state index contributed by atoms with van der Waals surface area (Å²) in [6.07, 6.45) is 2.73. The number of hydrogen-bond donors (Lipinski definition) is 1. The molecule has 0 fully saturated rings. The van der Waals surface area contributed by atoms with E-state index in [0.717, 1.165) is 23.0 Å². The van der Waals surface area contributed by atoms with Gasteiger partial charge in [0, 0.05) is 29.9 Å². The highest BCUT2D eigenvalue weighted by atomic mass is 16.2. The maximum Gasteiger partial charge on any atom is 0.273 e. The van der Waals surface area contributed by atoms with Crippen LogP contribution in [0, 0.1) is 5.92 Å². The summed E-state index contributed by atoms with van der Waals surface area (Å²) in [5, 5.41) is 5.11. The van der Waals surface area contributed by atoms with Crippen LogP contribution >= 0.6 is 0 Å². The summed E-state index contributed by atoms with van der Waals surface area (Å²) in [6.45, 7) is 6.19. The van der Waals surface area contributed by atoms with Crippen LogP contribution in [0.5, 0.6) is 0 Å². The van der Waals surface area contributed by atoms with Crippen molar-refractivity contribution in [1.82, 2.24) is 9.99 Å². The average Bonchev–Trinajstić information content (AvgIpc) is 2.73. The second-order valence-electron chi connectivity index (χ2n) is 5.56. The number of aryl methyl sites for hydroxylation is 1. The lowest BCUT2D eigenvalue weighted by Crippen LogP contribution is -2.19. The molecule has 0 radical (unpaired) electrons. The van der Waals surface area contributed by atoms with Crippen molar-refractivity contribution in [2.75, 3.05) is 0 Å². The quantitative estimate of drug-likeness (QED) is 0.673. The fourth-order valence-electron chi connectivity index (χ4n) is 2.37. The molecule has 1 heterocycles. The van der Waals surface area contributed by atoms with E-state index in [0.29, 0.717) is 11.5 Å². The first-order valence-electron chi connectivity index (χ1n) is 6.86. The molecule has 1 aromatic heterocycles. The molecule has 0 atom stereocenters. The molecule has 4 heteroatoms.